The Bertz CT molecular complexity index is 362. The van der Waals surface area contributed by atoms with E-state index in [1.807, 2.05) is 0 Å². The monoisotopic (exact) mass is 232 g/mol. The van der Waals surface area contributed by atoms with Crippen LogP contribution in [0.3, 0.4) is 0 Å². The summed E-state index contributed by atoms with van der Waals surface area (Å²) in [5.74, 6) is 0. The molecule has 0 aliphatic carbocycles. The second kappa shape index (κ2) is 5.65. The summed E-state index contributed by atoms with van der Waals surface area (Å²) in [6.45, 7) is 6.89. The van der Waals surface area contributed by atoms with Gasteiger partial charge in [0, 0.05) is 18.6 Å². The number of nitrogens with one attached hydrogen (secondary N) is 1. The molecule has 2 heteroatoms. The van der Waals surface area contributed by atoms with Crippen LogP contribution >= 0.6 is 0 Å². The third-order valence-electron chi connectivity index (χ3n) is 3.90. The van der Waals surface area contributed by atoms with Crippen LogP contribution < -0.4 is 5.32 Å². The van der Waals surface area contributed by atoms with Crippen molar-refractivity contribution in [3.63, 3.8) is 0 Å². The summed E-state index contributed by atoms with van der Waals surface area (Å²) < 4.78 is 0. The van der Waals surface area contributed by atoms with Crippen LogP contribution in [0.25, 0.3) is 0 Å². The molecule has 0 bridgehead atoms. The van der Waals surface area contributed by atoms with Gasteiger partial charge < -0.3 is 5.32 Å². The molecular formula is C15H24N2. The minimum absolute atomic E-state index is 0.454. The lowest BCUT2D eigenvalue weighted by Gasteiger charge is -2.27. The van der Waals surface area contributed by atoms with Crippen molar-refractivity contribution >= 4 is 0 Å². The molecule has 1 fully saturated rings. The van der Waals surface area contributed by atoms with Gasteiger partial charge in [-0.05, 0) is 45.8 Å². The maximum absolute atomic E-state index is 3.45. The van der Waals surface area contributed by atoms with Crippen molar-refractivity contribution in [2.75, 3.05) is 20.1 Å². The minimum atomic E-state index is 0.454. The van der Waals surface area contributed by atoms with Crippen molar-refractivity contribution in [1.82, 2.24) is 10.2 Å². The molecule has 2 unspecified atom stereocenters. The molecule has 17 heavy (non-hydrogen) atoms. The first-order chi connectivity index (χ1) is 8.20. The fourth-order valence-electron chi connectivity index (χ4n) is 2.75. The van der Waals surface area contributed by atoms with E-state index >= 15 is 0 Å². The molecule has 2 rings (SSSR count). The lowest BCUT2D eigenvalue weighted by atomic mass is 10.0. The van der Waals surface area contributed by atoms with E-state index in [-0.39, 0.29) is 0 Å². The van der Waals surface area contributed by atoms with Crippen LogP contribution in [-0.2, 0) is 0 Å². The largest absolute Gasteiger partial charge is 0.312 e. The number of nitrogens with zero attached hydrogens (tertiary/aromatic N) is 1. The molecule has 1 saturated heterocycles. The molecule has 0 radical (unpaired) electrons. The number of benzene rings is 1. The maximum Gasteiger partial charge on any atom is 0.0447 e. The van der Waals surface area contributed by atoms with Crippen molar-refractivity contribution in [3.05, 3.63) is 35.4 Å². The first-order valence-corrected chi connectivity index (χ1v) is 6.68. The molecule has 94 valence electrons. The highest BCUT2D eigenvalue weighted by molar-refractivity contribution is 5.25. The van der Waals surface area contributed by atoms with Crippen LogP contribution in [0.1, 0.15) is 36.9 Å². The Hall–Kier alpha value is -0.860. The van der Waals surface area contributed by atoms with Crippen molar-refractivity contribution < 1.29 is 0 Å². The Kier molecular flexibility index (Phi) is 4.19. The van der Waals surface area contributed by atoms with Crippen LogP contribution in [0.2, 0.25) is 0 Å². The quantitative estimate of drug-likeness (QED) is 0.858. The SMILES string of the molecule is CNC(CN1CCCC1C)c1cccc(C)c1. The summed E-state index contributed by atoms with van der Waals surface area (Å²) in [4.78, 5) is 2.60. The van der Waals surface area contributed by atoms with Crippen molar-refractivity contribution in [2.45, 2.75) is 38.8 Å². The Morgan fingerprint density at radius 3 is 2.88 bits per heavy atom. The molecule has 0 aromatic heterocycles. The van der Waals surface area contributed by atoms with Gasteiger partial charge in [-0.25, -0.2) is 0 Å². The van der Waals surface area contributed by atoms with Gasteiger partial charge in [-0.1, -0.05) is 29.8 Å². The molecule has 1 heterocycles. The molecule has 2 atom stereocenters. The predicted octanol–water partition coefficient (Wildman–Crippen LogP) is 2.74. The maximum atomic E-state index is 3.45. The molecule has 1 aromatic rings. The highest BCUT2D eigenvalue weighted by atomic mass is 15.2. The zero-order valence-corrected chi connectivity index (χ0v) is 11.2. The summed E-state index contributed by atoms with van der Waals surface area (Å²) in [6, 6.07) is 10.0. The first kappa shape index (κ1) is 12.6. The van der Waals surface area contributed by atoms with Crippen molar-refractivity contribution in [1.29, 1.82) is 0 Å². The van der Waals surface area contributed by atoms with Gasteiger partial charge in [-0.2, -0.15) is 0 Å². The van der Waals surface area contributed by atoms with Crippen LogP contribution in [-0.4, -0.2) is 31.1 Å². The van der Waals surface area contributed by atoms with Crippen molar-refractivity contribution in [2.24, 2.45) is 0 Å². The number of hydrogen-bond donors (Lipinski definition) is 1. The topological polar surface area (TPSA) is 15.3 Å². The number of likely N-dealkylation sites (N-methyl/N-ethyl adjacent to an activating group) is 1. The molecule has 0 amide bonds. The highest BCUT2D eigenvalue weighted by Crippen LogP contribution is 2.21. The van der Waals surface area contributed by atoms with E-state index in [4.69, 9.17) is 0 Å². The second-order valence-electron chi connectivity index (χ2n) is 5.24. The zero-order chi connectivity index (χ0) is 12.3. The molecule has 2 nitrogen and oxygen atoms in total. The normalized spacial score (nSPS) is 22.9. The van der Waals surface area contributed by atoms with Gasteiger partial charge in [-0.3, -0.25) is 4.90 Å². The van der Waals surface area contributed by atoms with Crippen LogP contribution in [0, 0.1) is 6.92 Å². The standard InChI is InChI=1S/C15H24N2/c1-12-6-4-8-14(10-12)15(16-3)11-17-9-5-7-13(17)2/h4,6,8,10,13,15-16H,5,7,9,11H2,1-3H3. The number of rotatable bonds is 4. The van der Waals surface area contributed by atoms with Gasteiger partial charge in [0.2, 0.25) is 0 Å². The number of likely N-dealkylation sites (tertiary alicyclic amines) is 1. The zero-order valence-electron chi connectivity index (χ0n) is 11.2. The van der Waals surface area contributed by atoms with Crippen molar-refractivity contribution in [3.8, 4) is 0 Å². The van der Waals surface area contributed by atoms with Gasteiger partial charge in [0.15, 0.2) is 0 Å². The Morgan fingerprint density at radius 1 is 1.47 bits per heavy atom. The summed E-state index contributed by atoms with van der Waals surface area (Å²) >= 11 is 0. The Balaban J connectivity index is 2.06. The number of aryl methyl sites for hydroxylation is 1. The Labute approximate surface area is 105 Å². The molecular weight excluding hydrogens is 208 g/mol. The van der Waals surface area contributed by atoms with E-state index in [0.717, 1.165) is 12.6 Å². The van der Waals surface area contributed by atoms with Crippen LogP contribution in [0.5, 0.6) is 0 Å². The minimum Gasteiger partial charge on any atom is -0.312 e. The van der Waals surface area contributed by atoms with E-state index in [1.54, 1.807) is 0 Å². The van der Waals surface area contributed by atoms with E-state index in [9.17, 15) is 0 Å². The first-order valence-electron chi connectivity index (χ1n) is 6.68. The molecule has 1 aliphatic rings. The van der Waals surface area contributed by atoms with E-state index in [2.05, 4.69) is 55.4 Å². The summed E-state index contributed by atoms with van der Waals surface area (Å²) in [6.07, 6.45) is 2.70. The molecule has 1 aromatic carbocycles. The van der Waals surface area contributed by atoms with Gasteiger partial charge in [0.25, 0.3) is 0 Å². The number of hydrogen-bond acceptors (Lipinski definition) is 2. The third-order valence-corrected chi connectivity index (χ3v) is 3.90. The fourth-order valence-corrected chi connectivity index (χ4v) is 2.75. The third kappa shape index (κ3) is 3.08. The summed E-state index contributed by atoms with van der Waals surface area (Å²) in [5, 5.41) is 3.45. The molecule has 0 saturated carbocycles. The Morgan fingerprint density at radius 2 is 2.29 bits per heavy atom. The summed E-state index contributed by atoms with van der Waals surface area (Å²) in [5.41, 5.74) is 2.75. The molecule has 1 N–H and O–H groups in total. The van der Waals surface area contributed by atoms with E-state index in [0.29, 0.717) is 6.04 Å². The second-order valence-corrected chi connectivity index (χ2v) is 5.24. The molecule has 1 aliphatic heterocycles. The highest BCUT2D eigenvalue weighted by Gasteiger charge is 2.23. The van der Waals surface area contributed by atoms with E-state index in [1.165, 1.54) is 30.5 Å². The van der Waals surface area contributed by atoms with Gasteiger partial charge >= 0.3 is 0 Å². The van der Waals surface area contributed by atoms with Crippen LogP contribution in [0.4, 0.5) is 0 Å². The van der Waals surface area contributed by atoms with Gasteiger partial charge in [0.05, 0.1) is 0 Å². The summed E-state index contributed by atoms with van der Waals surface area (Å²) in [7, 11) is 2.06. The smallest absolute Gasteiger partial charge is 0.0447 e. The van der Waals surface area contributed by atoms with Gasteiger partial charge in [-0.15, -0.1) is 0 Å². The lowest BCUT2D eigenvalue weighted by molar-refractivity contribution is 0.241. The lowest BCUT2D eigenvalue weighted by Crippen LogP contribution is -2.35. The van der Waals surface area contributed by atoms with Crippen LogP contribution in [0.15, 0.2) is 24.3 Å². The average Bonchev–Trinajstić information content (AvgIpc) is 2.71. The van der Waals surface area contributed by atoms with Gasteiger partial charge in [0.1, 0.15) is 0 Å². The van der Waals surface area contributed by atoms with E-state index < -0.39 is 0 Å². The molecule has 0 spiro atoms. The predicted molar refractivity (Wildman–Crippen MR) is 73.2 cm³/mol. The fraction of sp³-hybridized carbons (Fsp3) is 0.600. The average molecular weight is 232 g/mol.